The maximum atomic E-state index is 10.4. The number of benzene rings is 1. The second-order valence-electron chi connectivity index (χ2n) is 5.11. The fourth-order valence-electron chi connectivity index (χ4n) is 2.06. The summed E-state index contributed by atoms with van der Waals surface area (Å²) in [5.74, 6) is 1.70. The van der Waals surface area contributed by atoms with Crippen molar-refractivity contribution in [2.45, 2.75) is 39.0 Å². The number of hydrogen-bond acceptors (Lipinski definition) is 4. The van der Waals surface area contributed by atoms with Gasteiger partial charge in [0, 0.05) is 6.04 Å². The Bertz CT molecular complexity index is 507. The molecule has 2 N–H and O–H groups in total. The fraction of sp³-hybridized carbons (Fsp3) is 0.412. The number of aliphatic hydroxyl groups is 1. The molecule has 2 unspecified atom stereocenters. The average Bonchev–Trinajstić information content (AvgIpc) is 3.04. The van der Waals surface area contributed by atoms with E-state index in [-0.39, 0.29) is 6.04 Å². The summed E-state index contributed by atoms with van der Waals surface area (Å²) >= 11 is 0. The highest BCUT2D eigenvalue weighted by molar-refractivity contribution is 5.29. The Labute approximate surface area is 125 Å². The first kappa shape index (κ1) is 15.6. The molecule has 21 heavy (non-hydrogen) atoms. The Kier molecular flexibility index (Phi) is 5.84. The van der Waals surface area contributed by atoms with Crippen LogP contribution in [0.3, 0.4) is 0 Å². The molecule has 0 bridgehead atoms. The van der Waals surface area contributed by atoms with Crippen molar-refractivity contribution < 1.29 is 14.3 Å². The minimum absolute atomic E-state index is 0.0717. The van der Waals surface area contributed by atoms with Crippen molar-refractivity contribution in [1.29, 1.82) is 0 Å². The minimum atomic E-state index is -0.569. The molecule has 0 spiro atoms. The highest BCUT2D eigenvalue weighted by Gasteiger charge is 2.16. The maximum absolute atomic E-state index is 10.4. The Balaban J connectivity index is 1.87. The summed E-state index contributed by atoms with van der Waals surface area (Å²) in [6.45, 7) is 5.34. The second kappa shape index (κ2) is 7.86. The van der Waals surface area contributed by atoms with Crippen LogP contribution in [-0.4, -0.2) is 17.8 Å². The van der Waals surface area contributed by atoms with E-state index in [1.807, 2.05) is 43.3 Å². The van der Waals surface area contributed by atoms with Gasteiger partial charge in [-0.25, -0.2) is 0 Å². The number of hydrogen-bond donors (Lipinski definition) is 2. The summed E-state index contributed by atoms with van der Waals surface area (Å²) in [5.41, 5.74) is 0.873. The highest BCUT2D eigenvalue weighted by atomic mass is 16.5. The standard InChI is InChI=1S/C17H23NO3/c1-3-10-20-15-8-6-14(7-9-15)17(19)13(2)18-12-16-5-4-11-21-16/h4-9,11,13,17-19H,3,10,12H2,1-2H3. The highest BCUT2D eigenvalue weighted by Crippen LogP contribution is 2.20. The summed E-state index contributed by atoms with van der Waals surface area (Å²) in [5, 5.41) is 13.6. The van der Waals surface area contributed by atoms with E-state index in [1.165, 1.54) is 0 Å². The SMILES string of the molecule is CCCOc1ccc(C(O)C(C)NCc2ccco2)cc1. The Morgan fingerprint density at radius 3 is 2.62 bits per heavy atom. The van der Waals surface area contributed by atoms with E-state index in [0.29, 0.717) is 13.2 Å². The first-order valence-electron chi connectivity index (χ1n) is 7.37. The summed E-state index contributed by atoms with van der Waals surface area (Å²) < 4.78 is 10.8. The van der Waals surface area contributed by atoms with Crippen molar-refractivity contribution in [2.24, 2.45) is 0 Å². The molecule has 0 aliphatic rings. The van der Waals surface area contributed by atoms with Gasteiger partial charge in [-0.05, 0) is 43.2 Å². The third-order valence-electron chi connectivity index (χ3n) is 3.35. The Hall–Kier alpha value is -1.78. The summed E-state index contributed by atoms with van der Waals surface area (Å²) in [4.78, 5) is 0. The van der Waals surface area contributed by atoms with Gasteiger partial charge in [-0.3, -0.25) is 0 Å². The van der Waals surface area contributed by atoms with Crippen LogP contribution < -0.4 is 10.1 Å². The lowest BCUT2D eigenvalue weighted by Crippen LogP contribution is -2.31. The molecule has 1 aromatic carbocycles. The van der Waals surface area contributed by atoms with Crippen LogP contribution in [0.4, 0.5) is 0 Å². The van der Waals surface area contributed by atoms with Gasteiger partial charge in [-0.15, -0.1) is 0 Å². The summed E-state index contributed by atoms with van der Waals surface area (Å²) in [6, 6.07) is 11.3. The average molecular weight is 289 g/mol. The van der Waals surface area contributed by atoms with Crippen LogP contribution in [0.15, 0.2) is 47.1 Å². The van der Waals surface area contributed by atoms with Crippen molar-refractivity contribution in [2.75, 3.05) is 6.61 Å². The minimum Gasteiger partial charge on any atom is -0.494 e. The van der Waals surface area contributed by atoms with Crippen molar-refractivity contribution in [3.63, 3.8) is 0 Å². The van der Waals surface area contributed by atoms with E-state index >= 15 is 0 Å². The van der Waals surface area contributed by atoms with Gasteiger partial charge < -0.3 is 19.6 Å². The molecule has 0 saturated carbocycles. The lowest BCUT2D eigenvalue weighted by Gasteiger charge is -2.20. The van der Waals surface area contributed by atoms with Crippen molar-refractivity contribution >= 4 is 0 Å². The predicted molar refractivity (Wildman–Crippen MR) is 82.2 cm³/mol. The molecule has 2 atom stereocenters. The van der Waals surface area contributed by atoms with E-state index in [1.54, 1.807) is 6.26 Å². The van der Waals surface area contributed by atoms with Gasteiger partial charge in [0.05, 0.1) is 25.5 Å². The number of ether oxygens (including phenoxy) is 1. The number of nitrogens with one attached hydrogen (secondary N) is 1. The van der Waals surface area contributed by atoms with Gasteiger partial charge in [0.15, 0.2) is 0 Å². The molecular formula is C17H23NO3. The number of aliphatic hydroxyl groups excluding tert-OH is 1. The molecule has 0 fully saturated rings. The smallest absolute Gasteiger partial charge is 0.119 e. The van der Waals surface area contributed by atoms with Gasteiger partial charge in [-0.1, -0.05) is 19.1 Å². The molecule has 2 rings (SSSR count). The zero-order valence-electron chi connectivity index (χ0n) is 12.6. The number of rotatable bonds is 8. The monoisotopic (exact) mass is 289 g/mol. The largest absolute Gasteiger partial charge is 0.494 e. The quantitative estimate of drug-likeness (QED) is 0.783. The topological polar surface area (TPSA) is 54.6 Å². The normalized spacial score (nSPS) is 13.9. The number of furan rings is 1. The van der Waals surface area contributed by atoms with Crippen LogP contribution in [0.25, 0.3) is 0 Å². The zero-order valence-corrected chi connectivity index (χ0v) is 12.6. The molecule has 0 radical (unpaired) electrons. The van der Waals surface area contributed by atoms with Gasteiger partial charge in [0.2, 0.25) is 0 Å². The van der Waals surface area contributed by atoms with Crippen LogP contribution in [0.1, 0.15) is 37.7 Å². The Morgan fingerprint density at radius 1 is 1.24 bits per heavy atom. The maximum Gasteiger partial charge on any atom is 0.119 e. The Morgan fingerprint density at radius 2 is 2.00 bits per heavy atom. The van der Waals surface area contributed by atoms with Gasteiger partial charge in [0.1, 0.15) is 11.5 Å². The third kappa shape index (κ3) is 4.62. The molecule has 1 aromatic heterocycles. The van der Waals surface area contributed by atoms with Crippen LogP contribution >= 0.6 is 0 Å². The van der Waals surface area contributed by atoms with E-state index in [9.17, 15) is 5.11 Å². The van der Waals surface area contributed by atoms with E-state index in [0.717, 1.165) is 23.5 Å². The lowest BCUT2D eigenvalue weighted by molar-refractivity contribution is 0.134. The zero-order chi connectivity index (χ0) is 15.1. The molecule has 2 aromatic rings. The molecule has 0 aliphatic carbocycles. The van der Waals surface area contributed by atoms with Crippen LogP contribution in [0.2, 0.25) is 0 Å². The summed E-state index contributed by atoms with van der Waals surface area (Å²) in [7, 11) is 0. The van der Waals surface area contributed by atoms with E-state index in [4.69, 9.17) is 9.15 Å². The first-order valence-corrected chi connectivity index (χ1v) is 7.37. The second-order valence-corrected chi connectivity index (χ2v) is 5.11. The van der Waals surface area contributed by atoms with Crippen LogP contribution in [0.5, 0.6) is 5.75 Å². The summed E-state index contributed by atoms with van der Waals surface area (Å²) in [6.07, 6.45) is 2.06. The van der Waals surface area contributed by atoms with E-state index in [2.05, 4.69) is 12.2 Å². The van der Waals surface area contributed by atoms with Gasteiger partial charge in [-0.2, -0.15) is 0 Å². The van der Waals surface area contributed by atoms with Crippen molar-refractivity contribution in [1.82, 2.24) is 5.32 Å². The molecular weight excluding hydrogens is 266 g/mol. The van der Waals surface area contributed by atoms with Gasteiger partial charge in [0.25, 0.3) is 0 Å². The molecule has 0 amide bonds. The molecule has 0 aliphatic heterocycles. The first-order chi connectivity index (χ1) is 10.2. The fourth-order valence-corrected chi connectivity index (χ4v) is 2.06. The molecule has 4 nitrogen and oxygen atoms in total. The van der Waals surface area contributed by atoms with Crippen LogP contribution in [-0.2, 0) is 6.54 Å². The van der Waals surface area contributed by atoms with Crippen LogP contribution in [0, 0.1) is 0 Å². The molecule has 1 heterocycles. The molecule has 4 heteroatoms. The molecule has 114 valence electrons. The van der Waals surface area contributed by atoms with Gasteiger partial charge >= 0.3 is 0 Å². The van der Waals surface area contributed by atoms with Crippen molar-refractivity contribution in [3.05, 3.63) is 54.0 Å². The van der Waals surface area contributed by atoms with E-state index < -0.39 is 6.10 Å². The predicted octanol–water partition coefficient (Wildman–Crippen LogP) is 3.28. The van der Waals surface area contributed by atoms with Crippen molar-refractivity contribution in [3.8, 4) is 5.75 Å². The third-order valence-corrected chi connectivity index (χ3v) is 3.35. The lowest BCUT2D eigenvalue weighted by atomic mass is 10.0. The molecule has 0 saturated heterocycles.